The van der Waals surface area contributed by atoms with Crippen molar-refractivity contribution in [2.24, 2.45) is 7.05 Å². The number of anilines is 1. The number of amides is 1. The number of halogens is 1. The van der Waals surface area contributed by atoms with Gasteiger partial charge >= 0.3 is 0 Å². The van der Waals surface area contributed by atoms with Gasteiger partial charge in [0.05, 0.1) is 17.1 Å². The van der Waals surface area contributed by atoms with Gasteiger partial charge in [0, 0.05) is 29.5 Å². The first-order valence-electron chi connectivity index (χ1n) is 9.55. The molecular weight excluding hydrogens is 456 g/mol. The molecule has 1 heterocycles. The van der Waals surface area contributed by atoms with Crippen LogP contribution in [0, 0.1) is 0 Å². The molecule has 2 rings (SSSR count). The highest BCUT2D eigenvalue weighted by atomic mass is 79.9. The van der Waals surface area contributed by atoms with Gasteiger partial charge < -0.3 is 5.32 Å². The van der Waals surface area contributed by atoms with Gasteiger partial charge in [-0.05, 0) is 30.7 Å². The van der Waals surface area contributed by atoms with Gasteiger partial charge in [0.1, 0.15) is 5.82 Å². The van der Waals surface area contributed by atoms with Gasteiger partial charge in [-0.3, -0.25) is 9.48 Å². The lowest BCUT2D eigenvalue weighted by Crippen LogP contribution is -2.38. The van der Waals surface area contributed by atoms with Crippen molar-refractivity contribution in [3.8, 4) is 0 Å². The third-order valence-corrected chi connectivity index (χ3v) is 6.84. The minimum Gasteiger partial charge on any atom is -0.310 e. The maximum Gasteiger partial charge on any atom is 0.243 e. The summed E-state index contributed by atoms with van der Waals surface area (Å²) >= 11 is 3.31. The Labute approximate surface area is 181 Å². The Balaban J connectivity index is 2.20. The molecule has 1 aromatic carbocycles. The van der Waals surface area contributed by atoms with Crippen molar-refractivity contribution < 1.29 is 13.2 Å². The van der Waals surface area contributed by atoms with E-state index in [9.17, 15) is 13.2 Å². The van der Waals surface area contributed by atoms with Crippen LogP contribution in [0.25, 0.3) is 0 Å². The number of carbonyl (C=O) groups is 1. The van der Waals surface area contributed by atoms with Crippen molar-refractivity contribution in [3.63, 3.8) is 0 Å². The van der Waals surface area contributed by atoms with E-state index in [0.29, 0.717) is 12.2 Å². The van der Waals surface area contributed by atoms with E-state index in [0.717, 1.165) is 16.6 Å². The van der Waals surface area contributed by atoms with Crippen LogP contribution in [0.3, 0.4) is 0 Å². The van der Waals surface area contributed by atoms with E-state index in [4.69, 9.17) is 0 Å². The van der Waals surface area contributed by atoms with Crippen molar-refractivity contribution in [1.82, 2.24) is 14.1 Å². The van der Waals surface area contributed by atoms with E-state index < -0.39 is 15.9 Å². The number of unbranched alkanes of at least 4 members (excludes halogenated alkanes) is 1. The zero-order valence-electron chi connectivity index (χ0n) is 17.6. The fraction of sp³-hybridized carbons (Fsp3) is 0.500. The number of hydrogen-bond donors (Lipinski definition) is 1. The molecule has 0 spiro atoms. The van der Waals surface area contributed by atoms with Gasteiger partial charge in [-0.2, -0.15) is 9.40 Å². The molecule has 0 unspecified atom stereocenters. The molecule has 0 aliphatic rings. The summed E-state index contributed by atoms with van der Waals surface area (Å²) in [6.45, 7) is 8.12. The van der Waals surface area contributed by atoms with Crippen molar-refractivity contribution in [1.29, 1.82) is 0 Å². The minimum atomic E-state index is -3.78. The van der Waals surface area contributed by atoms with E-state index in [1.54, 1.807) is 23.9 Å². The predicted molar refractivity (Wildman–Crippen MR) is 118 cm³/mol. The Hall–Kier alpha value is -1.71. The lowest BCUT2D eigenvalue weighted by atomic mass is 9.92. The highest BCUT2D eigenvalue weighted by Crippen LogP contribution is 2.24. The van der Waals surface area contributed by atoms with E-state index >= 15 is 0 Å². The second kappa shape index (κ2) is 9.40. The van der Waals surface area contributed by atoms with Gasteiger partial charge in [-0.1, -0.05) is 50.0 Å². The van der Waals surface area contributed by atoms with Crippen molar-refractivity contribution in [2.45, 2.75) is 50.8 Å². The zero-order chi connectivity index (χ0) is 21.8. The van der Waals surface area contributed by atoms with Crippen LogP contribution in [0.4, 0.5) is 5.82 Å². The molecule has 1 N–H and O–H groups in total. The molecule has 0 radical (unpaired) electrons. The Morgan fingerprint density at radius 1 is 1.24 bits per heavy atom. The number of benzene rings is 1. The highest BCUT2D eigenvalue weighted by Gasteiger charge is 2.27. The monoisotopic (exact) mass is 484 g/mol. The Morgan fingerprint density at radius 2 is 1.86 bits per heavy atom. The van der Waals surface area contributed by atoms with Crippen LogP contribution in [-0.4, -0.2) is 41.5 Å². The first kappa shape index (κ1) is 23.6. The van der Waals surface area contributed by atoms with Gasteiger partial charge in [0.15, 0.2) is 0 Å². The van der Waals surface area contributed by atoms with Crippen molar-refractivity contribution in [3.05, 3.63) is 40.5 Å². The maximum atomic E-state index is 13.1. The molecule has 0 atom stereocenters. The standard InChI is InChI=1S/C20H29BrN4O3S/c1-6-7-12-25(29(27,28)16-10-8-15(21)9-11-16)14-19(26)22-18-13-17(20(2,3)4)23-24(18)5/h8-11,13H,6-7,12,14H2,1-5H3,(H,22,26). The molecule has 29 heavy (non-hydrogen) atoms. The largest absolute Gasteiger partial charge is 0.310 e. The highest BCUT2D eigenvalue weighted by molar-refractivity contribution is 9.10. The lowest BCUT2D eigenvalue weighted by molar-refractivity contribution is -0.116. The van der Waals surface area contributed by atoms with Crippen LogP contribution < -0.4 is 5.32 Å². The number of rotatable bonds is 8. The summed E-state index contributed by atoms with van der Waals surface area (Å²) in [5.74, 6) is 0.140. The molecule has 160 valence electrons. The summed E-state index contributed by atoms with van der Waals surface area (Å²) in [7, 11) is -2.03. The van der Waals surface area contributed by atoms with Crippen molar-refractivity contribution >= 4 is 37.7 Å². The Bertz CT molecular complexity index is 947. The predicted octanol–water partition coefficient (Wildman–Crippen LogP) is 3.91. The molecule has 2 aromatic rings. The third kappa shape index (κ3) is 6.13. The average molecular weight is 485 g/mol. The maximum absolute atomic E-state index is 13.1. The zero-order valence-corrected chi connectivity index (χ0v) is 20.0. The summed E-state index contributed by atoms with van der Waals surface area (Å²) in [6.07, 6.45) is 1.49. The van der Waals surface area contributed by atoms with Crippen LogP contribution in [0.15, 0.2) is 39.7 Å². The number of nitrogens with one attached hydrogen (secondary N) is 1. The van der Waals surface area contributed by atoms with Crippen molar-refractivity contribution in [2.75, 3.05) is 18.4 Å². The summed E-state index contributed by atoms with van der Waals surface area (Å²) in [6, 6.07) is 8.24. The Morgan fingerprint density at radius 3 is 2.38 bits per heavy atom. The number of sulfonamides is 1. The summed E-state index contributed by atoms with van der Waals surface area (Å²) in [4.78, 5) is 12.8. The summed E-state index contributed by atoms with van der Waals surface area (Å²) < 4.78 is 29.7. The second-order valence-corrected chi connectivity index (χ2v) is 10.8. The first-order chi connectivity index (χ1) is 13.4. The normalized spacial score (nSPS) is 12.4. The molecular formula is C20H29BrN4O3S. The molecule has 0 bridgehead atoms. The molecule has 9 heteroatoms. The second-order valence-electron chi connectivity index (χ2n) is 7.98. The number of aryl methyl sites for hydroxylation is 1. The molecule has 0 fully saturated rings. The van der Waals surface area contributed by atoms with E-state index in [-0.39, 0.29) is 23.4 Å². The molecule has 0 saturated carbocycles. The van der Waals surface area contributed by atoms with Crippen LogP contribution in [0.2, 0.25) is 0 Å². The Kier molecular flexibility index (Phi) is 7.64. The first-order valence-corrected chi connectivity index (χ1v) is 11.8. The summed E-state index contributed by atoms with van der Waals surface area (Å²) in [5.41, 5.74) is 0.694. The number of hydrogen-bond acceptors (Lipinski definition) is 4. The van der Waals surface area contributed by atoms with Gasteiger partial charge in [-0.15, -0.1) is 0 Å². The van der Waals surface area contributed by atoms with Crippen LogP contribution >= 0.6 is 15.9 Å². The lowest BCUT2D eigenvalue weighted by Gasteiger charge is -2.21. The summed E-state index contributed by atoms with van der Waals surface area (Å²) in [5, 5.41) is 7.22. The van der Waals surface area contributed by atoms with Crippen LogP contribution in [-0.2, 0) is 27.3 Å². The molecule has 0 aliphatic heterocycles. The average Bonchev–Trinajstić information content (AvgIpc) is 2.99. The van der Waals surface area contributed by atoms with E-state index in [2.05, 4.69) is 26.3 Å². The molecule has 0 aliphatic carbocycles. The fourth-order valence-corrected chi connectivity index (χ4v) is 4.37. The van der Waals surface area contributed by atoms with E-state index in [1.807, 2.05) is 33.8 Å². The third-order valence-electron chi connectivity index (χ3n) is 4.45. The van der Waals surface area contributed by atoms with Gasteiger partial charge in [0.2, 0.25) is 15.9 Å². The minimum absolute atomic E-state index is 0.154. The molecule has 1 amide bonds. The van der Waals surface area contributed by atoms with Gasteiger partial charge in [0.25, 0.3) is 0 Å². The smallest absolute Gasteiger partial charge is 0.243 e. The SMILES string of the molecule is CCCCN(CC(=O)Nc1cc(C(C)(C)C)nn1C)S(=O)(=O)c1ccc(Br)cc1. The number of nitrogens with zero attached hydrogens (tertiary/aromatic N) is 3. The van der Waals surface area contributed by atoms with Crippen LogP contribution in [0.1, 0.15) is 46.2 Å². The molecule has 1 aromatic heterocycles. The molecule has 0 saturated heterocycles. The molecule has 7 nitrogen and oxygen atoms in total. The fourth-order valence-electron chi connectivity index (χ4n) is 2.67. The van der Waals surface area contributed by atoms with E-state index in [1.165, 1.54) is 16.4 Å². The quantitative estimate of drug-likeness (QED) is 0.615. The number of aromatic nitrogens is 2. The topological polar surface area (TPSA) is 84.3 Å². The van der Waals surface area contributed by atoms with Crippen LogP contribution in [0.5, 0.6) is 0 Å². The number of carbonyl (C=O) groups excluding carboxylic acids is 1. The van der Waals surface area contributed by atoms with Gasteiger partial charge in [-0.25, -0.2) is 8.42 Å².